The highest BCUT2D eigenvalue weighted by molar-refractivity contribution is 5.08. The summed E-state index contributed by atoms with van der Waals surface area (Å²) in [5, 5.41) is 4.15. The predicted molar refractivity (Wildman–Crippen MR) is 77.8 cm³/mol. The van der Waals surface area contributed by atoms with Crippen LogP contribution < -0.4 is 5.73 Å². The Morgan fingerprint density at radius 1 is 1.05 bits per heavy atom. The minimum absolute atomic E-state index is 0.137. The van der Waals surface area contributed by atoms with Crippen LogP contribution in [0.1, 0.15) is 73.0 Å². The van der Waals surface area contributed by atoms with E-state index in [1.54, 1.807) is 0 Å². The number of nitrogens with two attached hydrogens (primary N) is 1. The highest BCUT2D eigenvalue weighted by atomic mass is 16.5. The number of nitrogens with zero attached hydrogens (tertiary/aromatic N) is 2. The lowest BCUT2D eigenvalue weighted by molar-refractivity contribution is 0.260. The quantitative estimate of drug-likeness (QED) is 0.885. The van der Waals surface area contributed by atoms with Gasteiger partial charge in [0.1, 0.15) is 0 Å². The van der Waals surface area contributed by atoms with Crippen LogP contribution in [0.4, 0.5) is 0 Å². The van der Waals surface area contributed by atoms with Crippen molar-refractivity contribution in [3.8, 4) is 0 Å². The van der Waals surface area contributed by atoms with E-state index in [2.05, 4.69) is 58.6 Å². The average molecular weight is 267 g/mol. The molecule has 0 aliphatic carbocycles. The standard InChI is InChI=1S/C15H29N3O/c1-10(2)8-15(16,9-11(3)4)12-17-13(19-18-12)14(5,6)7/h10-11H,8-9,16H2,1-7H3. The molecule has 1 aromatic heterocycles. The van der Waals surface area contributed by atoms with Gasteiger partial charge in [-0.05, 0) is 24.7 Å². The van der Waals surface area contributed by atoms with Crippen molar-refractivity contribution in [2.75, 3.05) is 0 Å². The summed E-state index contributed by atoms with van der Waals surface area (Å²) in [5.74, 6) is 2.31. The fraction of sp³-hybridized carbons (Fsp3) is 0.867. The SMILES string of the molecule is CC(C)CC(N)(CC(C)C)c1noc(C(C)(C)C)n1. The highest BCUT2D eigenvalue weighted by Crippen LogP contribution is 2.32. The minimum Gasteiger partial charge on any atom is -0.339 e. The molecule has 19 heavy (non-hydrogen) atoms. The summed E-state index contributed by atoms with van der Waals surface area (Å²) in [5.41, 5.74) is 5.96. The van der Waals surface area contributed by atoms with Crippen molar-refractivity contribution in [3.05, 3.63) is 11.7 Å². The molecule has 0 aromatic carbocycles. The summed E-state index contributed by atoms with van der Waals surface area (Å²) >= 11 is 0. The van der Waals surface area contributed by atoms with Crippen molar-refractivity contribution in [2.45, 2.75) is 72.3 Å². The van der Waals surface area contributed by atoms with Crippen molar-refractivity contribution in [2.24, 2.45) is 17.6 Å². The summed E-state index contributed by atoms with van der Waals surface area (Å²) in [7, 11) is 0. The zero-order valence-electron chi connectivity index (χ0n) is 13.4. The lowest BCUT2D eigenvalue weighted by atomic mass is 9.82. The summed E-state index contributed by atoms with van der Waals surface area (Å²) in [6.45, 7) is 14.9. The van der Waals surface area contributed by atoms with Crippen LogP contribution in [-0.2, 0) is 11.0 Å². The van der Waals surface area contributed by atoms with Gasteiger partial charge >= 0.3 is 0 Å². The third-order valence-electron chi connectivity index (χ3n) is 3.06. The van der Waals surface area contributed by atoms with Gasteiger partial charge in [0.2, 0.25) is 5.89 Å². The van der Waals surface area contributed by atoms with Gasteiger partial charge in [0.05, 0.1) is 5.54 Å². The fourth-order valence-corrected chi connectivity index (χ4v) is 2.45. The van der Waals surface area contributed by atoms with E-state index in [4.69, 9.17) is 10.3 Å². The minimum atomic E-state index is -0.491. The third kappa shape index (κ3) is 4.30. The van der Waals surface area contributed by atoms with Gasteiger partial charge in [0, 0.05) is 5.41 Å². The van der Waals surface area contributed by atoms with Crippen LogP contribution >= 0.6 is 0 Å². The summed E-state index contributed by atoms with van der Waals surface area (Å²) in [6, 6.07) is 0. The lowest BCUT2D eigenvalue weighted by Gasteiger charge is -2.29. The molecule has 0 atom stereocenters. The van der Waals surface area contributed by atoms with E-state index in [0.717, 1.165) is 12.8 Å². The molecule has 0 bridgehead atoms. The summed E-state index contributed by atoms with van der Waals surface area (Å²) in [4.78, 5) is 4.56. The monoisotopic (exact) mass is 267 g/mol. The molecule has 0 saturated carbocycles. The van der Waals surface area contributed by atoms with Crippen LogP contribution in [0.2, 0.25) is 0 Å². The van der Waals surface area contributed by atoms with Gasteiger partial charge in [0.15, 0.2) is 5.82 Å². The van der Waals surface area contributed by atoms with Crippen molar-refractivity contribution >= 4 is 0 Å². The molecule has 4 nitrogen and oxygen atoms in total. The maximum absolute atomic E-state index is 6.59. The van der Waals surface area contributed by atoms with E-state index in [9.17, 15) is 0 Å². The first-order valence-electron chi connectivity index (χ1n) is 7.18. The first kappa shape index (κ1) is 16.2. The highest BCUT2D eigenvalue weighted by Gasteiger charge is 2.35. The molecule has 2 N–H and O–H groups in total. The average Bonchev–Trinajstić information content (AvgIpc) is 2.61. The van der Waals surface area contributed by atoms with Gasteiger partial charge in [-0.2, -0.15) is 4.98 Å². The topological polar surface area (TPSA) is 64.9 Å². The second-order valence-corrected chi connectivity index (χ2v) is 7.53. The van der Waals surface area contributed by atoms with Crippen molar-refractivity contribution in [1.29, 1.82) is 0 Å². The molecule has 0 fully saturated rings. The van der Waals surface area contributed by atoms with E-state index in [-0.39, 0.29) is 5.41 Å². The molecule has 4 heteroatoms. The lowest BCUT2D eigenvalue weighted by Crippen LogP contribution is -2.40. The van der Waals surface area contributed by atoms with Crippen LogP contribution in [0.3, 0.4) is 0 Å². The van der Waals surface area contributed by atoms with E-state index in [0.29, 0.717) is 23.6 Å². The number of hydrogen-bond acceptors (Lipinski definition) is 4. The molecule has 0 radical (unpaired) electrons. The maximum atomic E-state index is 6.59. The van der Waals surface area contributed by atoms with E-state index >= 15 is 0 Å². The smallest absolute Gasteiger partial charge is 0.232 e. The van der Waals surface area contributed by atoms with E-state index < -0.39 is 5.54 Å². The Labute approximate surface area is 117 Å². The molecular weight excluding hydrogens is 238 g/mol. The molecular formula is C15H29N3O. The number of aromatic nitrogens is 2. The molecule has 0 aliphatic rings. The second-order valence-electron chi connectivity index (χ2n) is 7.53. The van der Waals surface area contributed by atoms with Gasteiger partial charge in [-0.25, -0.2) is 0 Å². The Kier molecular flexibility index (Phi) is 4.77. The Balaban J connectivity index is 3.07. The summed E-state index contributed by atoms with van der Waals surface area (Å²) < 4.78 is 5.40. The van der Waals surface area contributed by atoms with Crippen LogP contribution in [-0.4, -0.2) is 10.1 Å². The summed E-state index contributed by atoms with van der Waals surface area (Å²) in [6.07, 6.45) is 1.74. The second kappa shape index (κ2) is 5.61. The van der Waals surface area contributed by atoms with Gasteiger partial charge in [-0.3, -0.25) is 0 Å². The van der Waals surface area contributed by atoms with Gasteiger partial charge in [0.25, 0.3) is 0 Å². The van der Waals surface area contributed by atoms with E-state index in [1.165, 1.54) is 0 Å². The first-order chi connectivity index (χ1) is 8.54. The van der Waals surface area contributed by atoms with Crippen molar-refractivity contribution in [1.82, 2.24) is 10.1 Å². The Bertz CT molecular complexity index is 392. The third-order valence-corrected chi connectivity index (χ3v) is 3.06. The molecule has 110 valence electrons. The Hall–Kier alpha value is -0.900. The maximum Gasteiger partial charge on any atom is 0.232 e. The molecule has 1 rings (SSSR count). The molecule has 1 heterocycles. The van der Waals surface area contributed by atoms with Gasteiger partial charge < -0.3 is 10.3 Å². The zero-order valence-corrected chi connectivity index (χ0v) is 13.4. The molecule has 0 spiro atoms. The normalized spacial score (nSPS) is 13.6. The van der Waals surface area contributed by atoms with Crippen molar-refractivity contribution < 1.29 is 4.52 Å². The molecule has 0 amide bonds. The van der Waals surface area contributed by atoms with Crippen molar-refractivity contribution in [3.63, 3.8) is 0 Å². The van der Waals surface area contributed by atoms with Crippen LogP contribution in [0, 0.1) is 11.8 Å². The molecule has 0 saturated heterocycles. The van der Waals surface area contributed by atoms with Crippen LogP contribution in [0.25, 0.3) is 0 Å². The zero-order chi connectivity index (χ0) is 14.8. The molecule has 0 aliphatic heterocycles. The molecule has 1 aromatic rings. The Morgan fingerprint density at radius 2 is 1.53 bits per heavy atom. The fourth-order valence-electron chi connectivity index (χ4n) is 2.45. The number of hydrogen-bond donors (Lipinski definition) is 1. The first-order valence-corrected chi connectivity index (χ1v) is 7.18. The Morgan fingerprint density at radius 3 is 1.84 bits per heavy atom. The number of rotatable bonds is 5. The van der Waals surface area contributed by atoms with Crippen LogP contribution in [0.15, 0.2) is 4.52 Å². The van der Waals surface area contributed by atoms with Gasteiger partial charge in [-0.1, -0.05) is 53.6 Å². The van der Waals surface area contributed by atoms with E-state index in [1.807, 2.05) is 0 Å². The predicted octanol–water partition coefficient (Wildman–Crippen LogP) is 3.61. The van der Waals surface area contributed by atoms with Crippen LogP contribution in [0.5, 0.6) is 0 Å². The molecule has 0 unspecified atom stereocenters. The van der Waals surface area contributed by atoms with Gasteiger partial charge in [-0.15, -0.1) is 0 Å². The largest absolute Gasteiger partial charge is 0.339 e.